The SMILES string of the molecule is C#Cc1c(F)ccc2cccc(-c3nc4c5c(nc(OCC67CC(=C)CN6CC[C@H]7OC)nc5c3F)N3CC5CCC(N5)C3C(C)O4)c12. The van der Waals surface area contributed by atoms with Crippen LogP contribution < -0.4 is 19.7 Å². The van der Waals surface area contributed by atoms with E-state index in [1.54, 1.807) is 25.3 Å². The molecule has 4 aromatic rings. The summed E-state index contributed by atoms with van der Waals surface area (Å²) in [6.07, 6.45) is 9.09. The lowest BCUT2D eigenvalue weighted by Gasteiger charge is -2.42. The van der Waals surface area contributed by atoms with Crippen molar-refractivity contribution in [2.24, 2.45) is 0 Å². The number of piperazine rings is 1. The summed E-state index contributed by atoms with van der Waals surface area (Å²) in [5, 5.41) is 5.20. The number of nitrogens with zero attached hydrogens (tertiary/aromatic N) is 5. The minimum absolute atomic E-state index is 0.0281. The van der Waals surface area contributed by atoms with E-state index in [9.17, 15) is 0 Å². The van der Waals surface area contributed by atoms with Gasteiger partial charge in [-0.05, 0) is 44.1 Å². The number of nitrogens with one attached hydrogen (secondary N) is 1. The van der Waals surface area contributed by atoms with Crippen molar-refractivity contribution in [2.75, 3.05) is 38.3 Å². The fourth-order valence-electron chi connectivity index (χ4n) is 9.18. The molecule has 1 N–H and O–H groups in total. The molecule has 4 saturated heterocycles. The van der Waals surface area contributed by atoms with Gasteiger partial charge in [0.15, 0.2) is 5.82 Å². The summed E-state index contributed by atoms with van der Waals surface area (Å²) in [5.74, 6) is 1.99. The van der Waals surface area contributed by atoms with Crippen LogP contribution in [0.1, 0.15) is 38.2 Å². The van der Waals surface area contributed by atoms with Crippen molar-refractivity contribution >= 4 is 27.5 Å². The zero-order chi connectivity index (χ0) is 32.9. The number of aromatic nitrogens is 3. The molecule has 5 aliphatic heterocycles. The largest absolute Gasteiger partial charge is 0.472 e. The minimum Gasteiger partial charge on any atom is -0.472 e. The minimum atomic E-state index is -0.681. The topological polar surface area (TPSA) is 84.9 Å². The molecule has 5 aliphatic rings. The second-order valence-electron chi connectivity index (χ2n) is 13.9. The molecule has 11 heteroatoms. The van der Waals surface area contributed by atoms with Crippen LogP contribution in [-0.4, -0.2) is 89.1 Å². The molecule has 0 amide bonds. The van der Waals surface area contributed by atoms with Crippen molar-refractivity contribution < 1.29 is 23.0 Å². The Labute approximate surface area is 277 Å². The Morgan fingerprint density at radius 2 is 2.02 bits per heavy atom. The second-order valence-corrected chi connectivity index (χ2v) is 13.9. The van der Waals surface area contributed by atoms with Crippen molar-refractivity contribution in [1.29, 1.82) is 0 Å². The van der Waals surface area contributed by atoms with Crippen molar-refractivity contribution in [3.8, 4) is 35.5 Å². The van der Waals surface area contributed by atoms with Crippen LogP contribution in [0.3, 0.4) is 0 Å². The summed E-state index contributed by atoms with van der Waals surface area (Å²) in [5.41, 5.74) is 1.12. The smallest absolute Gasteiger partial charge is 0.319 e. The Bertz CT molecular complexity index is 2070. The normalized spacial score (nSPS) is 29.1. The summed E-state index contributed by atoms with van der Waals surface area (Å²) >= 11 is 0. The quantitative estimate of drug-likeness (QED) is 0.237. The number of pyridine rings is 1. The zero-order valence-corrected chi connectivity index (χ0v) is 26.9. The van der Waals surface area contributed by atoms with E-state index >= 15 is 8.78 Å². The molecule has 0 radical (unpaired) electrons. The first-order chi connectivity index (χ1) is 23.3. The van der Waals surface area contributed by atoms with Gasteiger partial charge in [-0.2, -0.15) is 9.97 Å². The Kier molecular flexibility index (Phi) is 6.71. The number of ether oxygens (including phenoxy) is 3. The zero-order valence-electron chi connectivity index (χ0n) is 26.9. The van der Waals surface area contributed by atoms with Crippen LogP contribution in [0.15, 0.2) is 42.5 Å². The number of anilines is 1. The molecule has 2 aromatic carbocycles. The predicted octanol–water partition coefficient (Wildman–Crippen LogP) is 4.99. The third-order valence-corrected chi connectivity index (χ3v) is 11.2. The van der Waals surface area contributed by atoms with Crippen molar-refractivity contribution in [3.05, 3.63) is 59.7 Å². The first-order valence-corrected chi connectivity index (χ1v) is 16.7. The Morgan fingerprint density at radius 1 is 1.15 bits per heavy atom. The van der Waals surface area contributed by atoms with E-state index in [-0.39, 0.29) is 65.6 Å². The summed E-state index contributed by atoms with van der Waals surface area (Å²) in [4.78, 5) is 19.1. The maximum atomic E-state index is 17.2. The molecule has 48 heavy (non-hydrogen) atoms. The van der Waals surface area contributed by atoms with Gasteiger partial charge in [0.1, 0.15) is 40.9 Å². The van der Waals surface area contributed by atoms with Crippen LogP contribution in [0.4, 0.5) is 14.6 Å². The standard InChI is InChI=1S/C37H36F2N6O3/c1-5-23-25(38)11-9-21-7-6-8-24(28(21)23)31-30(39)32-29-34(45-17-22-10-12-26(40-22)33(45)20(3)48-35(29)41-31)43-36(42-32)47-18-37-15-19(2)16-44(37)14-13-27(37)46-4/h1,6-9,11,20,22,26-27,33,40H,2,10,12-18H2,3-4H3/t20?,22?,26?,27-,33?,37?/m1/s1. The van der Waals surface area contributed by atoms with Crippen molar-refractivity contribution in [3.63, 3.8) is 0 Å². The Morgan fingerprint density at radius 3 is 2.85 bits per heavy atom. The van der Waals surface area contributed by atoms with Crippen LogP contribution in [0, 0.1) is 24.0 Å². The predicted molar refractivity (Wildman–Crippen MR) is 178 cm³/mol. The molecule has 0 aliphatic carbocycles. The monoisotopic (exact) mass is 650 g/mol. The van der Waals surface area contributed by atoms with Crippen LogP contribution in [0.5, 0.6) is 11.9 Å². The summed E-state index contributed by atoms with van der Waals surface area (Å²) in [6, 6.07) is 8.68. The van der Waals surface area contributed by atoms with Gasteiger partial charge in [-0.15, -0.1) is 6.42 Å². The highest BCUT2D eigenvalue weighted by molar-refractivity contribution is 6.03. The van der Waals surface area contributed by atoms with Gasteiger partial charge in [-0.3, -0.25) is 4.90 Å². The number of terminal acetylenes is 1. The first-order valence-electron chi connectivity index (χ1n) is 16.7. The molecule has 9 nitrogen and oxygen atoms in total. The summed E-state index contributed by atoms with van der Waals surface area (Å²) < 4.78 is 51.2. The number of hydrogen-bond donors (Lipinski definition) is 1. The molecule has 9 rings (SSSR count). The number of benzene rings is 2. The van der Waals surface area contributed by atoms with Crippen molar-refractivity contribution in [2.45, 2.75) is 68.5 Å². The lowest BCUT2D eigenvalue weighted by atomic mass is 9.91. The van der Waals surface area contributed by atoms with Gasteiger partial charge in [0, 0.05) is 49.8 Å². The highest BCUT2D eigenvalue weighted by Crippen LogP contribution is 2.46. The molecule has 6 atom stereocenters. The number of rotatable bonds is 5. The molecule has 5 unspecified atom stereocenters. The molecule has 0 spiro atoms. The third kappa shape index (κ3) is 4.22. The molecule has 2 aromatic heterocycles. The van der Waals surface area contributed by atoms with E-state index in [1.165, 1.54) is 6.07 Å². The van der Waals surface area contributed by atoms with Gasteiger partial charge < -0.3 is 24.4 Å². The summed E-state index contributed by atoms with van der Waals surface area (Å²) in [6.45, 7) is 8.88. The molecule has 7 heterocycles. The van der Waals surface area contributed by atoms with E-state index < -0.39 is 17.2 Å². The molecule has 246 valence electrons. The van der Waals surface area contributed by atoms with Crippen LogP contribution in [0.2, 0.25) is 0 Å². The van der Waals surface area contributed by atoms with E-state index in [0.29, 0.717) is 34.1 Å². The third-order valence-electron chi connectivity index (χ3n) is 11.2. The average Bonchev–Trinajstić information content (AvgIpc) is 3.71. The van der Waals surface area contributed by atoms with Crippen molar-refractivity contribution in [1.82, 2.24) is 25.2 Å². The van der Waals surface area contributed by atoms with E-state index in [0.717, 1.165) is 44.3 Å². The molecular weight excluding hydrogens is 614 g/mol. The highest BCUT2D eigenvalue weighted by atomic mass is 19.1. The maximum absolute atomic E-state index is 17.2. The fourth-order valence-corrected chi connectivity index (χ4v) is 9.18. The Balaban J connectivity index is 1.25. The van der Waals surface area contributed by atoms with Gasteiger partial charge in [0.25, 0.3) is 0 Å². The highest BCUT2D eigenvalue weighted by Gasteiger charge is 2.54. The van der Waals surface area contributed by atoms with E-state index in [1.807, 2.05) is 13.0 Å². The van der Waals surface area contributed by atoms with Gasteiger partial charge in [-0.1, -0.05) is 42.3 Å². The number of fused-ring (bicyclic) bond motifs is 7. The number of methoxy groups -OCH3 is 1. The first kappa shape index (κ1) is 29.7. The van der Waals surface area contributed by atoms with Gasteiger partial charge in [0.2, 0.25) is 5.88 Å². The average molecular weight is 651 g/mol. The van der Waals surface area contributed by atoms with E-state index in [4.69, 9.17) is 35.6 Å². The van der Waals surface area contributed by atoms with E-state index in [2.05, 4.69) is 27.6 Å². The fraction of sp³-hybridized carbons (Fsp3) is 0.432. The molecular formula is C37H36F2N6O3. The Hall–Kier alpha value is -4.37. The number of halogens is 2. The second kappa shape index (κ2) is 10.8. The van der Waals surface area contributed by atoms with Gasteiger partial charge in [0.05, 0.1) is 23.2 Å². The van der Waals surface area contributed by atoms with Crippen LogP contribution in [-0.2, 0) is 4.74 Å². The lowest BCUT2D eigenvalue weighted by molar-refractivity contribution is -0.0119. The van der Waals surface area contributed by atoms with Gasteiger partial charge >= 0.3 is 6.01 Å². The maximum Gasteiger partial charge on any atom is 0.319 e. The van der Waals surface area contributed by atoms with Gasteiger partial charge in [-0.25, -0.2) is 13.8 Å². The molecule has 0 saturated carbocycles. The molecule has 4 fully saturated rings. The lowest BCUT2D eigenvalue weighted by Crippen LogP contribution is -2.62. The van der Waals surface area contributed by atoms with Crippen LogP contribution in [0.25, 0.3) is 32.9 Å². The van der Waals surface area contributed by atoms with Crippen LogP contribution >= 0.6 is 0 Å². The number of hydrogen-bond acceptors (Lipinski definition) is 9. The summed E-state index contributed by atoms with van der Waals surface area (Å²) in [7, 11) is 1.73. The molecule has 2 bridgehead atoms.